The third kappa shape index (κ3) is 2.11. The van der Waals surface area contributed by atoms with Gasteiger partial charge in [-0.2, -0.15) is 0 Å². The lowest BCUT2D eigenvalue weighted by atomic mass is 9.96. The maximum atomic E-state index is 4.45. The van der Waals surface area contributed by atoms with E-state index in [1.807, 2.05) is 0 Å². The van der Waals surface area contributed by atoms with E-state index in [2.05, 4.69) is 32.3 Å². The average Bonchev–Trinajstić information content (AvgIpc) is 3.18. The highest BCUT2D eigenvalue weighted by Crippen LogP contribution is 2.35. The van der Waals surface area contributed by atoms with Gasteiger partial charge in [-0.3, -0.25) is 0 Å². The number of hydrogen-bond acceptors (Lipinski definition) is 3. The number of hydrogen-bond donors (Lipinski definition) is 1. The molecule has 104 valence electrons. The topological polar surface area (TPSA) is 33.1 Å². The normalized spacial score (nSPS) is 35.7. The van der Waals surface area contributed by atoms with Crippen LogP contribution < -0.4 is 5.32 Å². The predicted molar refractivity (Wildman–Crippen MR) is 75.3 cm³/mol. The molecule has 4 nitrogen and oxygen atoms in total. The van der Waals surface area contributed by atoms with Gasteiger partial charge in [-0.05, 0) is 45.2 Å². The van der Waals surface area contributed by atoms with Crippen molar-refractivity contribution in [3.63, 3.8) is 0 Å². The second-order valence-electron chi connectivity index (χ2n) is 6.43. The second kappa shape index (κ2) is 4.91. The lowest BCUT2D eigenvalue weighted by Crippen LogP contribution is -2.39. The van der Waals surface area contributed by atoms with E-state index in [4.69, 9.17) is 0 Å². The molecule has 0 bridgehead atoms. The molecule has 1 N–H and O–H groups in total. The van der Waals surface area contributed by atoms with Crippen molar-refractivity contribution in [1.29, 1.82) is 0 Å². The third-order valence-electron chi connectivity index (χ3n) is 5.36. The number of nitrogens with one attached hydrogen (secondary N) is 1. The van der Waals surface area contributed by atoms with Crippen LogP contribution in [-0.2, 0) is 0 Å². The van der Waals surface area contributed by atoms with Crippen LogP contribution in [0.5, 0.6) is 0 Å². The SMILES string of the molecule is c1ncn(C2CCN3CCCC3C2)c1C1CCNC1. The van der Waals surface area contributed by atoms with E-state index in [1.54, 1.807) is 0 Å². The van der Waals surface area contributed by atoms with Crippen LogP contribution in [0.4, 0.5) is 0 Å². The quantitative estimate of drug-likeness (QED) is 0.879. The highest BCUT2D eigenvalue weighted by molar-refractivity contribution is 5.11. The van der Waals surface area contributed by atoms with Crippen LogP contribution in [0.3, 0.4) is 0 Å². The molecule has 4 heteroatoms. The molecular weight excluding hydrogens is 236 g/mol. The molecule has 4 heterocycles. The van der Waals surface area contributed by atoms with Gasteiger partial charge in [0.15, 0.2) is 0 Å². The van der Waals surface area contributed by atoms with Crippen LogP contribution in [0.1, 0.15) is 49.8 Å². The zero-order chi connectivity index (χ0) is 12.7. The van der Waals surface area contributed by atoms with E-state index in [0.717, 1.165) is 19.1 Å². The fourth-order valence-electron chi connectivity index (χ4n) is 4.30. The van der Waals surface area contributed by atoms with Crippen LogP contribution >= 0.6 is 0 Å². The molecule has 0 radical (unpaired) electrons. The van der Waals surface area contributed by atoms with Crippen LogP contribution in [0.2, 0.25) is 0 Å². The van der Waals surface area contributed by atoms with Crippen molar-refractivity contribution in [3.05, 3.63) is 18.2 Å². The van der Waals surface area contributed by atoms with Gasteiger partial charge in [0, 0.05) is 43.0 Å². The molecule has 3 atom stereocenters. The third-order valence-corrected chi connectivity index (χ3v) is 5.36. The Morgan fingerprint density at radius 1 is 1.16 bits per heavy atom. The molecule has 0 spiro atoms. The zero-order valence-electron chi connectivity index (χ0n) is 11.6. The van der Waals surface area contributed by atoms with E-state index in [9.17, 15) is 0 Å². The first-order valence-corrected chi connectivity index (χ1v) is 7.88. The Kier molecular flexibility index (Phi) is 3.08. The summed E-state index contributed by atoms with van der Waals surface area (Å²) in [5, 5.41) is 3.48. The van der Waals surface area contributed by atoms with Gasteiger partial charge in [0.25, 0.3) is 0 Å². The number of piperidine rings is 1. The highest BCUT2D eigenvalue weighted by atomic mass is 15.2. The van der Waals surface area contributed by atoms with E-state index in [0.29, 0.717) is 12.0 Å². The highest BCUT2D eigenvalue weighted by Gasteiger charge is 2.33. The molecule has 3 unspecified atom stereocenters. The van der Waals surface area contributed by atoms with Crippen molar-refractivity contribution >= 4 is 0 Å². The predicted octanol–water partition coefficient (Wildman–Crippen LogP) is 1.76. The lowest BCUT2D eigenvalue weighted by molar-refractivity contribution is 0.153. The molecule has 1 aromatic heterocycles. The minimum Gasteiger partial charge on any atom is -0.331 e. The molecule has 3 aliphatic rings. The van der Waals surface area contributed by atoms with Crippen molar-refractivity contribution in [2.75, 3.05) is 26.2 Å². The van der Waals surface area contributed by atoms with Crippen molar-refractivity contribution < 1.29 is 0 Å². The monoisotopic (exact) mass is 260 g/mol. The van der Waals surface area contributed by atoms with Gasteiger partial charge < -0.3 is 14.8 Å². The molecule has 19 heavy (non-hydrogen) atoms. The Labute approximate surface area is 115 Å². The maximum absolute atomic E-state index is 4.45. The van der Waals surface area contributed by atoms with Crippen LogP contribution in [0, 0.1) is 0 Å². The summed E-state index contributed by atoms with van der Waals surface area (Å²) in [6, 6.07) is 1.54. The Morgan fingerprint density at radius 3 is 3.05 bits per heavy atom. The van der Waals surface area contributed by atoms with Gasteiger partial charge in [-0.1, -0.05) is 0 Å². The summed E-state index contributed by atoms with van der Waals surface area (Å²) in [4.78, 5) is 7.15. The average molecular weight is 260 g/mol. The molecule has 0 aliphatic carbocycles. The first-order valence-electron chi connectivity index (χ1n) is 7.88. The summed E-state index contributed by atoms with van der Waals surface area (Å²) >= 11 is 0. The molecule has 4 rings (SSSR count). The molecular formula is C15H24N4. The molecule has 0 saturated carbocycles. The summed E-state index contributed by atoms with van der Waals surface area (Å²) in [6.45, 7) is 4.92. The zero-order valence-corrected chi connectivity index (χ0v) is 11.6. The molecule has 3 saturated heterocycles. The van der Waals surface area contributed by atoms with E-state index >= 15 is 0 Å². The summed E-state index contributed by atoms with van der Waals surface area (Å²) < 4.78 is 2.51. The Hall–Kier alpha value is -0.870. The number of aromatic nitrogens is 2. The van der Waals surface area contributed by atoms with Crippen molar-refractivity contribution in [2.45, 2.75) is 50.1 Å². The minimum absolute atomic E-state index is 0.684. The van der Waals surface area contributed by atoms with Crippen molar-refractivity contribution in [3.8, 4) is 0 Å². The second-order valence-corrected chi connectivity index (χ2v) is 6.43. The van der Waals surface area contributed by atoms with Gasteiger partial charge in [0.05, 0.1) is 6.33 Å². The summed E-state index contributed by atoms with van der Waals surface area (Å²) in [5.41, 5.74) is 1.47. The Bertz CT molecular complexity index is 435. The number of nitrogens with zero attached hydrogens (tertiary/aromatic N) is 3. The van der Waals surface area contributed by atoms with E-state index < -0.39 is 0 Å². The van der Waals surface area contributed by atoms with E-state index in [1.165, 1.54) is 50.9 Å². The van der Waals surface area contributed by atoms with Crippen LogP contribution in [0.25, 0.3) is 0 Å². The van der Waals surface area contributed by atoms with Crippen LogP contribution in [-0.4, -0.2) is 46.7 Å². The smallest absolute Gasteiger partial charge is 0.0950 e. The molecule has 3 aliphatic heterocycles. The molecule has 3 fully saturated rings. The lowest BCUT2D eigenvalue weighted by Gasteiger charge is -2.36. The first kappa shape index (κ1) is 11.9. The maximum Gasteiger partial charge on any atom is 0.0950 e. The summed E-state index contributed by atoms with van der Waals surface area (Å²) in [5.74, 6) is 0.684. The molecule has 1 aromatic rings. The first-order chi connectivity index (χ1) is 9.42. The van der Waals surface area contributed by atoms with Gasteiger partial charge >= 0.3 is 0 Å². The molecule has 0 aromatic carbocycles. The Morgan fingerprint density at radius 2 is 2.16 bits per heavy atom. The van der Waals surface area contributed by atoms with E-state index in [-0.39, 0.29) is 0 Å². The van der Waals surface area contributed by atoms with Crippen molar-refractivity contribution in [1.82, 2.24) is 19.8 Å². The van der Waals surface area contributed by atoms with Gasteiger partial charge in [-0.15, -0.1) is 0 Å². The fraction of sp³-hybridized carbons (Fsp3) is 0.800. The molecule has 0 amide bonds. The van der Waals surface area contributed by atoms with Crippen LogP contribution in [0.15, 0.2) is 12.5 Å². The standard InChI is InChI=1S/C15H24N4/c1-2-13-8-14(4-7-18(13)6-1)19-11-17-10-15(19)12-3-5-16-9-12/h10-14,16H,1-9H2. The number of imidazole rings is 1. The number of fused-ring (bicyclic) bond motifs is 1. The number of rotatable bonds is 2. The summed E-state index contributed by atoms with van der Waals surface area (Å²) in [7, 11) is 0. The largest absolute Gasteiger partial charge is 0.331 e. The summed E-state index contributed by atoms with van der Waals surface area (Å²) in [6.07, 6.45) is 10.9. The minimum atomic E-state index is 0.684. The van der Waals surface area contributed by atoms with Gasteiger partial charge in [-0.25, -0.2) is 4.98 Å². The Balaban J connectivity index is 1.54. The van der Waals surface area contributed by atoms with Crippen molar-refractivity contribution in [2.24, 2.45) is 0 Å². The fourth-order valence-corrected chi connectivity index (χ4v) is 4.30. The van der Waals surface area contributed by atoms with Gasteiger partial charge in [0.2, 0.25) is 0 Å². The van der Waals surface area contributed by atoms with Gasteiger partial charge in [0.1, 0.15) is 0 Å².